The van der Waals surface area contributed by atoms with E-state index in [9.17, 15) is 9.59 Å². The maximum atomic E-state index is 12.9. The van der Waals surface area contributed by atoms with Gasteiger partial charge in [-0.2, -0.15) is 5.10 Å². The number of imidazole rings is 1. The maximum absolute atomic E-state index is 12.9. The van der Waals surface area contributed by atoms with Crippen molar-refractivity contribution in [1.82, 2.24) is 29.6 Å². The third-order valence-electron chi connectivity index (χ3n) is 7.17. The van der Waals surface area contributed by atoms with Gasteiger partial charge in [-0.25, -0.2) is 4.98 Å². The summed E-state index contributed by atoms with van der Waals surface area (Å²) in [6, 6.07) is 6.22. The monoisotopic (exact) mass is 537 g/mol. The number of rotatable bonds is 9. The number of aryl methyl sites for hydroxylation is 1. The molecule has 4 aromatic rings. The van der Waals surface area contributed by atoms with Crippen LogP contribution in [-0.4, -0.2) is 68.9 Å². The number of benzene rings is 1. The number of fused-ring (bicyclic) bond motifs is 1. The molecule has 0 saturated carbocycles. The Bertz CT molecular complexity index is 1480. The number of carbonyl (C=O) groups excluding carboxylic acids is 1. The molecule has 0 aliphatic carbocycles. The quantitative estimate of drug-likeness (QED) is 0.277. The average molecular weight is 538 g/mol. The zero-order valence-electron chi connectivity index (χ0n) is 21.6. The van der Waals surface area contributed by atoms with Crippen molar-refractivity contribution < 1.29 is 9.53 Å². The molecule has 3 N–H and O–H groups in total. The molecule has 0 bridgehead atoms. The third-order valence-corrected chi connectivity index (χ3v) is 7.37. The average Bonchev–Trinajstić information content (AvgIpc) is 3.53. The van der Waals surface area contributed by atoms with Gasteiger partial charge in [0.25, 0.3) is 5.56 Å². The van der Waals surface area contributed by atoms with Crippen LogP contribution in [0.4, 0.5) is 5.69 Å². The maximum Gasteiger partial charge on any atom is 0.306 e. The number of hydrogen-bond acceptors (Lipinski definition) is 7. The lowest BCUT2D eigenvalue weighted by Crippen LogP contribution is -2.34. The number of nitrogens with zero attached hydrogens (tertiary/aromatic N) is 4. The van der Waals surface area contributed by atoms with Gasteiger partial charge in [-0.1, -0.05) is 17.7 Å². The standard InChI is InChI=1S/C27H32ClN7O3/c1-17-13-19(18-4-9-34(10-5-18)11-6-23(36)38-2)14-22-25(17)33-26(32-22)24-21(3-7-30-27(24)37)29-8-12-35-16-20(28)15-31-35/h3,7,13-16,18H,4-6,8-12H2,1-2H3,(H,32,33)(H2,29,30,37). The number of piperidine rings is 1. The predicted molar refractivity (Wildman–Crippen MR) is 148 cm³/mol. The Kier molecular flexibility index (Phi) is 7.80. The molecule has 0 atom stereocenters. The van der Waals surface area contributed by atoms with Gasteiger partial charge in [0.1, 0.15) is 11.4 Å². The first-order valence-corrected chi connectivity index (χ1v) is 13.2. The van der Waals surface area contributed by atoms with Crippen LogP contribution in [0.1, 0.15) is 36.3 Å². The van der Waals surface area contributed by atoms with Crippen molar-refractivity contribution in [2.24, 2.45) is 0 Å². The molecule has 0 amide bonds. The number of ether oxygens (including phenoxy) is 1. The smallest absolute Gasteiger partial charge is 0.306 e. The van der Waals surface area contributed by atoms with Gasteiger partial charge in [0, 0.05) is 25.5 Å². The summed E-state index contributed by atoms with van der Waals surface area (Å²) in [4.78, 5) is 37.7. The number of halogens is 1. The highest BCUT2D eigenvalue weighted by Crippen LogP contribution is 2.33. The van der Waals surface area contributed by atoms with Gasteiger partial charge in [0.05, 0.1) is 48.0 Å². The first-order valence-electron chi connectivity index (χ1n) is 12.8. The SMILES string of the molecule is COC(=O)CCN1CCC(c2cc(C)c3nc(-c4c(NCCn5cc(Cl)cn5)cc[nH]c4=O)[nH]c3c2)CC1. The number of nitrogens with one attached hydrogen (secondary N) is 3. The van der Waals surface area contributed by atoms with E-state index in [0.717, 1.165) is 49.1 Å². The van der Waals surface area contributed by atoms with Crippen LogP contribution in [0.2, 0.25) is 5.02 Å². The lowest BCUT2D eigenvalue weighted by atomic mass is 9.88. The number of esters is 1. The van der Waals surface area contributed by atoms with Crippen LogP contribution >= 0.6 is 11.6 Å². The minimum atomic E-state index is -0.214. The van der Waals surface area contributed by atoms with E-state index in [-0.39, 0.29) is 11.5 Å². The van der Waals surface area contributed by atoms with Gasteiger partial charge in [-0.05, 0) is 62.0 Å². The van der Waals surface area contributed by atoms with Crippen molar-refractivity contribution in [3.05, 3.63) is 63.3 Å². The van der Waals surface area contributed by atoms with Crippen molar-refractivity contribution in [2.45, 2.75) is 38.6 Å². The summed E-state index contributed by atoms with van der Waals surface area (Å²) in [5, 5.41) is 8.12. The van der Waals surface area contributed by atoms with E-state index in [2.05, 4.69) is 44.3 Å². The lowest BCUT2D eigenvalue weighted by molar-refractivity contribution is -0.141. The normalized spacial score (nSPS) is 14.7. The van der Waals surface area contributed by atoms with E-state index in [1.807, 2.05) is 6.07 Å². The fraction of sp³-hybridized carbons (Fsp3) is 0.407. The first kappa shape index (κ1) is 26.0. The molecule has 1 aliphatic heterocycles. The molecule has 1 aromatic carbocycles. The predicted octanol–water partition coefficient (Wildman–Crippen LogP) is 3.93. The first-order chi connectivity index (χ1) is 18.4. The molecule has 1 aliphatic rings. The number of methoxy groups -OCH3 is 1. The van der Waals surface area contributed by atoms with Crippen molar-refractivity contribution >= 4 is 34.3 Å². The molecular weight excluding hydrogens is 506 g/mol. The number of aromatic amines is 2. The topological polar surface area (TPSA) is 121 Å². The number of carbonyl (C=O) groups is 1. The zero-order valence-corrected chi connectivity index (χ0v) is 22.3. The highest BCUT2D eigenvalue weighted by atomic mass is 35.5. The van der Waals surface area contributed by atoms with Crippen molar-refractivity contribution in [3.8, 4) is 11.4 Å². The molecule has 5 rings (SSSR count). The van der Waals surface area contributed by atoms with Crippen LogP contribution < -0.4 is 10.9 Å². The molecular formula is C27H32ClN7O3. The minimum absolute atomic E-state index is 0.165. The summed E-state index contributed by atoms with van der Waals surface area (Å²) in [5.74, 6) is 0.804. The van der Waals surface area contributed by atoms with E-state index >= 15 is 0 Å². The second-order valence-corrected chi connectivity index (χ2v) is 10.1. The molecule has 0 radical (unpaired) electrons. The van der Waals surface area contributed by atoms with Crippen molar-refractivity contribution in [2.75, 3.05) is 38.6 Å². The fourth-order valence-electron chi connectivity index (χ4n) is 5.14. The van der Waals surface area contributed by atoms with Gasteiger partial charge < -0.3 is 24.9 Å². The third kappa shape index (κ3) is 5.76. The number of likely N-dealkylation sites (tertiary alicyclic amines) is 1. The Labute approximate surface area is 225 Å². The lowest BCUT2D eigenvalue weighted by Gasteiger charge is -2.32. The highest BCUT2D eigenvalue weighted by Gasteiger charge is 2.23. The highest BCUT2D eigenvalue weighted by molar-refractivity contribution is 6.30. The van der Waals surface area contributed by atoms with Crippen LogP contribution in [0.25, 0.3) is 22.4 Å². The molecule has 3 aromatic heterocycles. The van der Waals surface area contributed by atoms with Gasteiger partial charge >= 0.3 is 5.97 Å². The van der Waals surface area contributed by atoms with Gasteiger partial charge in [0.15, 0.2) is 0 Å². The fourth-order valence-corrected chi connectivity index (χ4v) is 5.30. The van der Waals surface area contributed by atoms with Crippen molar-refractivity contribution in [3.63, 3.8) is 0 Å². The molecule has 1 fully saturated rings. The van der Waals surface area contributed by atoms with Crippen LogP contribution in [0, 0.1) is 6.92 Å². The summed E-state index contributed by atoms with van der Waals surface area (Å²) in [7, 11) is 1.43. The Balaban J connectivity index is 1.32. The zero-order chi connectivity index (χ0) is 26.6. The van der Waals surface area contributed by atoms with Gasteiger partial charge in [0.2, 0.25) is 0 Å². The van der Waals surface area contributed by atoms with E-state index in [1.54, 1.807) is 23.3 Å². The Hall–Kier alpha value is -3.63. The Morgan fingerprint density at radius 2 is 2.08 bits per heavy atom. The molecule has 200 valence electrons. The van der Waals surface area contributed by atoms with E-state index in [4.69, 9.17) is 21.3 Å². The molecule has 4 heterocycles. The van der Waals surface area contributed by atoms with Gasteiger partial charge in [-0.3, -0.25) is 14.3 Å². The second-order valence-electron chi connectivity index (χ2n) is 9.71. The van der Waals surface area contributed by atoms with Crippen LogP contribution in [0.5, 0.6) is 0 Å². The van der Waals surface area contributed by atoms with Crippen molar-refractivity contribution in [1.29, 1.82) is 0 Å². The van der Waals surface area contributed by atoms with Gasteiger partial charge in [-0.15, -0.1) is 0 Å². The Morgan fingerprint density at radius 1 is 1.26 bits per heavy atom. The van der Waals surface area contributed by atoms with Crippen LogP contribution in [0.3, 0.4) is 0 Å². The molecule has 38 heavy (non-hydrogen) atoms. The van der Waals surface area contributed by atoms with Crippen LogP contribution in [0.15, 0.2) is 41.6 Å². The van der Waals surface area contributed by atoms with E-state index in [0.29, 0.717) is 47.5 Å². The molecule has 11 heteroatoms. The number of pyridine rings is 1. The Morgan fingerprint density at radius 3 is 2.82 bits per heavy atom. The molecule has 0 unspecified atom stereocenters. The van der Waals surface area contributed by atoms with E-state index < -0.39 is 0 Å². The van der Waals surface area contributed by atoms with Crippen LogP contribution in [-0.2, 0) is 16.1 Å². The molecule has 1 saturated heterocycles. The minimum Gasteiger partial charge on any atom is -0.469 e. The summed E-state index contributed by atoms with van der Waals surface area (Å²) in [6.45, 7) is 5.86. The number of anilines is 1. The van der Waals surface area contributed by atoms with E-state index in [1.165, 1.54) is 12.7 Å². The molecule has 0 spiro atoms. The summed E-state index contributed by atoms with van der Waals surface area (Å²) < 4.78 is 6.51. The number of H-pyrrole nitrogens is 2. The largest absolute Gasteiger partial charge is 0.469 e. The number of aromatic nitrogens is 5. The second kappa shape index (κ2) is 11.4. The molecule has 10 nitrogen and oxygen atoms in total. The summed E-state index contributed by atoms with van der Waals surface area (Å²) >= 11 is 5.95. The number of hydrogen-bond donors (Lipinski definition) is 3. The summed E-state index contributed by atoms with van der Waals surface area (Å²) in [5.41, 5.74) is 5.09. The summed E-state index contributed by atoms with van der Waals surface area (Å²) in [6.07, 6.45) is 7.47.